The molecule has 0 heterocycles. The molecule has 0 saturated heterocycles. The Morgan fingerprint density at radius 3 is 2.38 bits per heavy atom. The first-order chi connectivity index (χ1) is 10.2. The maximum absolute atomic E-state index is 11.9. The van der Waals surface area contributed by atoms with E-state index in [0.717, 1.165) is 22.6 Å². The van der Waals surface area contributed by atoms with Crippen molar-refractivity contribution in [2.24, 2.45) is 5.10 Å². The van der Waals surface area contributed by atoms with Crippen molar-refractivity contribution in [3.05, 3.63) is 65.7 Å². The summed E-state index contributed by atoms with van der Waals surface area (Å²) < 4.78 is 5.08. The minimum Gasteiger partial charge on any atom is -0.497 e. The number of hydrazone groups is 1. The lowest BCUT2D eigenvalue weighted by atomic mass is 10.1. The lowest BCUT2D eigenvalue weighted by Crippen LogP contribution is -2.21. The number of ether oxygens (including phenoxy) is 1. The highest BCUT2D eigenvalue weighted by atomic mass is 16.5. The molecule has 0 aliphatic rings. The van der Waals surface area contributed by atoms with Gasteiger partial charge in [-0.2, -0.15) is 5.10 Å². The lowest BCUT2D eigenvalue weighted by Gasteiger charge is -2.04. The maximum atomic E-state index is 11.9. The number of hydrogen-bond donors (Lipinski definition) is 1. The second-order valence-electron chi connectivity index (χ2n) is 4.62. The van der Waals surface area contributed by atoms with Crippen LogP contribution in [0, 0.1) is 0 Å². The monoisotopic (exact) mass is 282 g/mol. The van der Waals surface area contributed by atoms with Crippen molar-refractivity contribution in [2.45, 2.75) is 13.3 Å². The van der Waals surface area contributed by atoms with E-state index < -0.39 is 0 Å². The molecule has 0 atom stereocenters. The van der Waals surface area contributed by atoms with Crippen LogP contribution in [-0.2, 0) is 11.2 Å². The number of benzene rings is 2. The molecule has 21 heavy (non-hydrogen) atoms. The van der Waals surface area contributed by atoms with Crippen LogP contribution < -0.4 is 10.2 Å². The van der Waals surface area contributed by atoms with Gasteiger partial charge in [0, 0.05) is 0 Å². The minimum atomic E-state index is -0.143. The van der Waals surface area contributed by atoms with Crippen molar-refractivity contribution in [3.63, 3.8) is 0 Å². The second kappa shape index (κ2) is 7.24. The summed E-state index contributed by atoms with van der Waals surface area (Å²) in [5.74, 6) is 0.632. The molecule has 4 nitrogen and oxygen atoms in total. The number of methoxy groups -OCH3 is 1. The van der Waals surface area contributed by atoms with Gasteiger partial charge in [0.05, 0.1) is 19.2 Å². The van der Waals surface area contributed by atoms with Gasteiger partial charge in [-0.05, 0) is 30.2 Å². The molecule has 0 saturated carbocycles. The Bertz CT molecular complexity index is 619. The van der Waals surface area contributed by atoms with Crippen LogP contribution in [-0.4, -0.2) is 18.7 Å². The van der Waals surface area contributed by atoms with Crippen LogP contribution in [0.1, 0.15) is 18.1 Å². The van der Waals surface area contributed by atoms with Crippen molar-refractivity contribution < 1.29 is 9.53 Å². The van der Waals surface area contributed by atoms with Crippen molar-refractivity contribution in [2.75, 3.05) is 7.11 Å². The molecule has 108 valence electrons. The van der Waals surface area contributed by atoms with Gasteiger partial charge >= 0.3 is 0 Å². The molecule has 2 aromatic carbocycles. The quantitative estimate of drug-likeness (QED) is 0.677. The number of nitrogens with one attached hydrogen (secondary N) is 1. The van der Waals surface area contributed by atoms with E-state index in [1.54, 1.807) is 7.11 Å². The zero-order valence-corrected chi connectivity index (χ0v) is 12.2. The molecule has 1 amide bonds. The highest BCUT2D eigenvalue weighted by Crippen LogP contribution is 2.11. The number of amides is 1. The standard InChI is InChI=1S/C17H18N2O2/c1-13(15-6-4-3-5-7-15)18-19-17(20)12-14-8-10-16(21-2)11-9-14/h3-11H,12H2,1-2H3,(H,19,20)/b18-13-. The van der Waals surface area contributed by atoms with Gasteiger partial charge in [-0.15, -0.1) is 0 Å². The van der Waals surface area contributed by atoms with Gasteiger partial charge in [-0.25, -0.2) is 5.43 Å². The average Bonchev–Trinajstić information content (AvgIpc) is 2.54. The predicted molar refractivity (Wildman–Crippen MR) is 83.5 cm³/mol. The number of hydrogen-bond acceptors (Lipinski definition) is 3. The molecule has 0 aliphatic carbocycles. The van der Waals surface area contributed by atoms with Gasteiger partial charge in [-0.1, -0.05) is 42.5 Å². The zero-order valence-electron chi connectivity index (χ0n) is 12.2. The first kappa shape index (κ1) is 14.8. The fraction of sp³-hybridized carbons (Fsp3) is 0.176. The van der Waals surface area contributed by atoms with E-state index in [1.165, 1.54) is 0 Å². The SMILES string of the molecule is COc1ccc(CC(=O)N/N=C(/C)c2ccccc2)cc1. The first-order valence-electron chi connectivity index (χ1n) is 6.70. The Morgan fingerprint density at radius 2 is 1.76 bits per heavy atom. The lowest BCUT2D eigenvalue weighted by molar-refractivity contribution is -0.120. The summed E-state index contributed by atoms with van der Waals surface area (Å²) in [4.78, 5) is 11.9. The van der Waals surface area contributed by atoms with Gasteiger partial charge in [-0.3, -0.25) is 4.79 Å². The van der Waals surface area contributed by atoms with Crippen molar-refractivity contribution >= 4 is 11.6 Å². The number of carbonyl (C=O) groups is 1. The fourth-order valence-electron chi connectivity index (χ4n) is 1.86. The van der Waals surface area contributed by atoms with E-state index in [-0.39, 0.29) is 12.3 Å². The van der Waals surface area contributed by atoms with Gasteiger partial charge in [0.25, 0.3) is 0 Å². The first-order valence-corrected chi connectivity index (χ1v) is 6.70. The molecular weight excluding hydrogens is 264 g/mol. The normalized spacial score (nSPS) is 11.0. The van der Waals surface area contributed by atoms with E-state index in [0.29, 0.717) is 0 Å². The van der Waals surface area contributed by atoms with Gasteiger partial charge in [0.1, 0.15) is 5.75 Å². The molecule has 0 bridgehead atoms. The molecule has 1 N–H and O–H groups in total. The third-order valence-electron chi connectivity index (χ3n) is 3.06. The predicted octanol–water partition coefficient (Wildman–Crippen LogP) is 2.78. The van der Waals surface area contributed by atoms with Gasteiger partial charge in [0.15, 0.2) is 0 Å². The Kier molecular flexibility index (Phi) is 5.10. The van der Waals surface area contributed by atoms with Crippen molar-refractivity contribution in [1.29, 1.82) is 0 Å². The summed E-state index contributed by atoms with van der Waals surface area (Å²) in [7, 11) is 1.61. The van der Waals surface area contributed by atoms with E-state index in [4.69, 9.17) is 4.74 Å². The molecular formula is C17H18N2O2. The maximum Gasteiger partial charge on any atom is 0.244 e. The summed E-state index contributed by atoms with van der Waals surface area (Å²) in [5.41, 5.74) is 5.26. The summed E-state index contributed by atoms with van der Waals surface area (Å²) >= 11 is 0. The van der Waals surface area contributed by atoms with Crippen LogP contribution in [0.15, 0.2) is 59.7 Å². The van der Waals surface area contributed by atoms with Crippen molar-refractivity contribution in [3.8, 4) is 5.75 Å². The summed E-state index contributed by atoms with van der Waals surface area (Å²) in [5, 5.41) is 4.12. The Balaban J connectivity index is 1.92. The Labute approximate surface area is 124 Å². The van der Waals surface area contributed by atoms with Crippen LogP contribution >= 0.6 is 0 Å². The smallest absolute Gasteiger partial charge is 0.244 e. The number of rotatable bonds is 5. The van der Waals surface area contributed by atoms with Crippen molar-refractivity contribution in [1.82, 2.24) is 5.43 Å². The van der Waals surface area contributed by atoms with Crippen LogP contribution in [0.3, 0.4) is 0 Å². The molecule has 0 unspecified atom stereocenters. The van der Waals surface area contributed by atoms with E-state index in [1.807, 2.05) is 61.5 Å². The number of carbonyl (C=O) groups excluding carboxylic acids is 1. The Hall–Kier alpha value is -2.62. The topological polar surface area (TPSA) is 50.7 Å². The van der Waals surface area contributed by atoms with E-state index in [9.17, 15) is 4.79 Å². The molecule has 0 fully saturated rings. The van der Waals surface area contributed by atoms with Crippen LogP contribution in [0.4, 0.5) is 0 Å². The molecule has 2 rings (SSSR count). The van der Waals surface area contributed by atoms with E-state index in [2.05, 4.69) is 10.5 Å². The minimum absolute atomic E-state index is 0.143. The van der Waals surface area contributed by atoms with Crippen LogP contribution in [0.5, 0.6) is 5.75 Å². The molecule has 0 spiro atoms. The summed E-state index contributed by atoms with van der Waals surface area (Å²) in [6.07, 6.45) is 0.287. The molecule has 0 radical (unpaired) electrons. The molecule has 0 aliphatic heterocycles. The van der Waals surface area contributed by atoms with Crippen LogP contribution in [0.25, 0.3) is 0 Å². The second-order valence-corrected chi connectivity index (χ2v) is 4.62. The fourth-order valence-corrected chi connectivity index (χ4v) is 1.86. The summed E-state index contributed by atoms with van der Waals surface area (Å²) in [6.45, 7) is 1.86. The zero-order chi connectivity index (χ0) is 15.1. The highest BCUT2D eigenvalue weighted by molar-refractivity contribution is 5.99. The molecule has 0 aromatic heterocycles. The average molecular weight is 282 g/mol. The Morgan fingerprint density at radius 1 is 1.10 bits per heavy atom. The number of nitrogens with zero attached hydrogens (tertiary/aromatic N) is 1. The van der Waals surface area contributed by atoms with Crippen LogP contribution in [0.2, 0.25) is 0 Å². The van der Waals surface area contributed by atoms with Gasteiger partial charge < -0.3 is 4.74 Å². The largest absolute Gasteiger partial charge is 0.497 e. The highest BCUT2D eigenvalue weighted by Gasteiger charge is 2.03. The third-order valence-corrected chi connectivity index (χ3v) is 3.06. The third kappa shape index (κ3) is 4.45. The van der Waals surface area contributed by atoms with E-state index >= 15 is 0 Å². The molecule has 4 heteroatoms. The summed E-state index contributed by atoms with van der Waals surface area (Å²) in [6, 6.07) is 17.1. The van der Waals surface area contributed by atoms with Gasteiger partial charge in [0.2, 0.25) is 5.91 Å². The molecule has 2 aromatic rings.